The van der Waals surface area contributed by atoms with E-state index in [1.807, 2.05) is 13.8 Å². The predicted molar refractivity (Wildman–Crippen MR) is 50.1 cm³/mol. The fraction of sp³-hybridized carbons (Fsp3) is 0.667. The highest BCUT2D eigenvalue weighted by molar-refractivity contribution is 8.01. The molecule has 0 aliphatic carbocycles. The number of hydrogen-bond donors (Lipinski definition) is 0. The smallest absolute Gasteiger partial charge is 0.222 e. The Hall–Kier alpha value is -0.440. The summed E-state index contributed by atoms with van der Waals surface area (Å²) in [5.41, 5.74) is 0. The molecule has 3 heteroatoms. The maximum absolute atomic E-state index is 11.4. The van der Waals surface area contributed by atoms with E-state index in [0.717, 1.165) is 0 Å². The largest absolute Gasteiger partial charge is 0.284 e. The van der Waals surface area contributed by atoms with Gasteiger partial charge in [-0.25, -0.2) is 0 Å². The molecule has 1 fully saturated rings. The van der Waals surface area contributed by atoms with Crippen molar-refractivity contribution in [3.8, 4) is 0 Å². The van der Waals surface area contributed by atoms with Crippen molar-refractivity contribution >= 4 is 15.9 Å². The van der Waals surface area contributed by atoms with Gasteiger partial charge in [-0.3, -0.25) is 9.00 Å². The molecular weight excluding hydrogens is 172 g/mol. The van der Waals surface area contributed by atoms with Crippen LogP contribution in [0, 0.1) is 11.8 Å². The van der Waals surface area contributed by atoms with Crippen LogP contribution in [0.2, 0.25) is 0 Å². The highest BCUT2D eigenvalue weighted by Gasteiger charge is 2.42. The summed E-state index contributed by atoms with van der Waals surface area (Å²) < 4.78 is 11.4. The van der Waals surface area contributed by atoms with Crippen LogP contribution in [0.3, 0.4) is 0 Å². The summed E-state index contributed by atoms with van der Waals surface area (Å²) in [5.74, 6) is 0.187. The average Bonchev–Trinajstić information content (AvgIpc) is 2.23. The Bertz CT molecular complexity index is 235. The van der Waals surface area contributed by atoms with Crippen LogP contribution in [-0.4, -0.2) is 14.6 Å². The molecule has 1 heterocycles. The zero-order valence-corrected chi connectivity index (χ0v) is 8.26. The Morgan fingerprint density at radius 2 is 2.17 bits per heavy atom. The van der Waals surface area contributed by atoms with Gasteiger partial charge in [-0.2, -0.15) is 0 Å². The van der Waals surface area contributed by atoms with Gasteiger partial charge in [0.2, 0.25) is 5.12 Å². The molecule has 1 aliphatic rings. The summed E-state index contributed by atoms with van der Waals surface area (Å²) in [5, 5.41) is -0.0839. The molecule has 1 saturated heterocycles. The second-order valence-corrected chi connectivity index (χ2v) is 4.93. The first kappa shape index (κ1) is 9.65. The fourth-order valence-electron chi connectivity index (χ4n) is 1.53. The van der Waals surface area contributed by atoms with Gasteiger partial charge in [0.1, 0.15) is 0 Å². The molecule has 1 aliphatic heterocycles. The van der Waals surface area contributed by atoms with E-state index < -0.39 is 10.8 Å². The molecule has 0 aromatic rings. The first-order valence-electron chi connectivity index (χ1n) is 4.15. The van der Waals surface area contributed by atoms with Gasteiger partial charge in [-0.15, -0.1) is 6.58 Å². The molecule has 0 saturated carbocycles. The Balaban J connectivity index is 2.83. The van der Waals surface area contributed by atoms with Crippen molar-refractivity contribution in [1.82, 2.24) is 0 Å². The molecule has 0 N–H and O–H groups in total. The fourth-order valence-corrected chi connectivity index (χ4v) is 3.35. The normalized spacial score (nSPS) is 41.7. The second kappa shape index (κ2) is 3.52. The molecule has 0 bridgehead atoms. The third kappa shape index (κ3) is 1.38. The van der Waals surface area contributed by atoms with Gasteiger partial charge in [0.15, 0.2) is 0 Å². The zero-order valence-electron chi connectivity index (χ0n) is 7.45. The molecule has 0 radical (unpaired) electrons. The summed E-state index contributed by atoms with van der Waals surface area (Å²) in [7, 11) is -1.28. The van der Waals surface area contributed by atoms with E-state index in [9.17, 15) is 9.00 Å². The van der Waals surface area contributed by atoms with E-state index in [-0.39, 0.29) is 22.2 Å². The van der Waals surface area contributed by atoms with Gasteiger partial charge in [0.05, 0.1) is 10.8 Å². The van der Waals surface area contributed by atoms with Crippen LogP contribution in [-0.2, 0) is 15.6 Å². The van der Waals surface area contributed by atoms with Crippen molar-refractivity contribution in [3.05, 3.63) is 12.7 Å². The maximum atomic E-state index is 11.4. The average molecular weight is 186 g/mol. The molecule has 1 unspecified atom stereocenters. The minimum Gasteiger partial charge on any atom is -0.284 e. The molecule has 0 aromatic carbocycles. The van der Waals surface area contributed by atoms with Crippen LogP contribution in [0.4, 0.5) is 0 Å². The Morgan fingerprint density at radius 1 is 1.58 bits per heavy atom. The van der Waals surface area contributed by atoms with Crippen molar-refractivity contribution in [2.45, 2.75) is 25.5 Å². The van der Waals surface area contributed by atoms with Gasteiger partial charge in [-0.05, 0) is 12.3 Å². The highest BCUT2D eigenvalue weighted by Crippen LogP contribution is 2.32. The minimum absolute atomic E-state index is 0.00463. The van der Waals surface area contributed by atoms with Crippen LogP contribution in [0.15, 0.2) is 12.7 Å². The van der Waals surface area contributed by atoms with Crippen molar-refractivity contribution in [2.24, 2.45) is 11.8 Å². The number of hydrogen-bond acceptors (Lipinski definition) is 2. The van der Waals surface area contributed by atoms with Crippen LogP contribution in [0.5, 0.6) is 0 Å². The molecule has 68 valence electrons. The molecule has 12 heavy (non-hydrogen) atoms. The number of carbonyl (C=O) groups excluding carboxylic acids is 1. The standard InChI is InChI=1S/C9H14O2S/c1-4-5-8-6(2)7(3)9(10)12(8)11/h4,6-8H,1,5H2,2-3H3/t6-,7+,8-,12?/m1/s1. The van der Waals surface area contributed by atoms with Crippen LogP contribution >= 0.6 is 0 Å². The molecule has 1 rings (SSSR count). The highest BCUT2D eigenvalue weighted by atomic mass is 32.2. The van der Waals surface area contributed by atoms with Gasteiger partial charge in [-0.1, -0.05) is 19.9 Å². The van der Waals surface area contributed by atoms with E-state index in [4.69, 9.17) is 0 Å². The monoisotopic (exact) mass is 186 g/mol. The maximum Gasteiger partial charge on any atom is 0.222 e. The van der Waals surface area contributed by atoms with Crippen molar-refractivity contribution in [3.63, 3.8) is 0 Å². The van der Waals surface area contributed by atoms with Gasteiger partial charge < -0.3 is 0 Å². The lowest BCUT2D eigenvalue weighted by atomic mass is 9.93. The molecule has 0 amide bonds. The van der Waals surface area contributed by atoms with Gasteiger partial charge in [0, 0.05) is 11.2 Å². The van der Waals surface area contributed by atoms with Gasteiger partial charge in [0.25, 0.3) is 0 Å². The number of carbonyl (C=O) groups is 1. The van der Waals surface area contributed by atoms with E-state index in [1.165, 1.54) is 0 Å². The summed E-state index contributed by atoms with van der Waals surface area (Å²) >= 11 is 0. The lowest BCUT2D eigenvalue weighted by Gasteiger charge is -2.12. The molecular formula is C9H14O2S. The number of rotatable bonds is 2. The van der Waals surface area contributed by atoms with E-state index in [1.54, 1.807) is 6.08 Å². The number of allylic oxidation sites excluding steroid dienone is 1. The first-order chi connectivity index (χ1) is 5.59. The lowest BCUT2D eigenvalue weighted by Crippen LogP contribution is -2.16. The summed E-state index contributed by atoms with van der Waals surface area (Å²) in [6.07, 6.45) is 2.42. The molecule has 4 atom stereocenters. The topological polar surface area (TPSA) is 34.1 Å². The zero-order chi connectivity index (χ0) is 9.30. The summed E-state index contributed by atoms with van der Waals surface area (Å²) in [6.45, 7) is 7.44. The Kier molecular flexibility index (Phi) is 2.83. The molecule has 2 nitrogen and oxygen atoms in total. The SMILES string of the molecule is C=CC[C@@H]1[C@H](C)[C@H](C)C(=O)S1=O. The molecule has 0 spiro atoms. The van der Waals surface area contributed by atoms with Crippen molar-refractivity contribution in [1.29, 1.82) is 0 Å². The quantitative estimate of drug-likeness (QED) is 0.612. The van der Waals surface area contributed by atoms with Gasteiger partial charge >= 0.3 is 0 Å². The second-order valence-electron chi connectivity index (χ2n) is 3.33. The third-order valence-corrected chi connectivity index (χ3v) is 4.56. The minimum atomic E-state index is -1.28. The predicted octanol–water partition coefficient (Wildman–Crippen LogP) is 1.49. The lowest BCUT2D eigenvalue weighted by molar-refractivity contribution is -0.114. The van der Waals surface area contributed by atoms with Crippen LogP contribution < -0.4 is 0 Å². The first-order valence-corrected chi connectivity index (χ1v) is 5.36. The summed E-state index contributed by atoms with van der Waals surface area (Å²) in [4.78, 5) is 11.3. The van der Waals surface area contributed by atoms with E-state index >= 15 is 0 Å². The summed E-state index contributed by atoms with van der Waals surface area (Å²) in [6, 6.07) is 0. The Labute approximate surface area is 75.5 Å². The van der Waals surface area contributed by atoms with Crippen molar-refractivity contribution in [2.75, 3.05) is 0 Å². The third-order valence-electron chi connectivity index (χ3n) is 2.62. The van der Waals surface area contributed by atoms with Crippen molar-refractivity contribution < 1.29 is 9.00 Å². The van der Waals surface area contributed by atoms with E-state index in [0.29, 0.717) is 6.42 Å². The Morgan fingerprint density at radius 3 is 2.50 bits per heavy atom. The molecule has 0 aromatic heterocycles. The van der Waals surface area contributed by atoms with E-state index in [2.05, 4.69) is 6.58 Å². The van der Waals surface area contributed by atoms with Crippen LogP contribution in [0.25, 0.3) is 0 Å². The van der Waals surface area contributed by atoms with Crippen LogP contribution in [0.1, 0.15) is 20.3 Å².